The van der Waals surface area contributed by atoms with Gasteiger partial charge < -0.3 is 33.7 Å². The van der Waals surface area contributed by atoms with Crippen molar-refractivity contribution in [3.63, 3.8) is 0 Å². The SMILES string of the molecule is COCCNC(=O)COc1ccc2c(c1)OC(=Cc1ccc(OC)c(OC)c1OC)C2=O. The van der Waals surface area contributed by atoms with Crippen molar-refractivity contribution in [2.75, 3.05) is 48.2 Å². The highest BCUT2D eigenvalue weighted by molar-refractivity contribution is 6.14. The van der Waals surface area contributed by atoms with Gasteiger partial charge in [-0.3, -0.25) is 9.59 Å². The number of benzene rings is 2. The molecule has 32 heavy (non-hydrogen) atoms. The van der Waals surface area contributed by atoms with Crippen molar-refractivity contribution in [3.8, 4) is 28.7 Å². The maximum Gasteiger partial charge on any atom is 0.258 e. The topological polar surface area (TPSA) is 102 Å². The number of carbonyl (C=O) groups is 2. The third-order valence-electron chi connectivity index (χ3n) is 4.66. The summed E-state index contributed by atoms with van der Waals surface area (Å²) in [5.74, 6) is 1.64. The van der Waals surface area contributed by atoms with Gasteiger partial charge in [0.05, 0.1) is 33.5 Å². The zero-order chi connectivity index (χ0) is 23.1. The number of fused-ring (bicyclic) bond motifs is 1. The molecule has 1 N–H and O–H groups in total. The predicted octanol–water partition coefficient (Wildman–Crippen LogP) is 2.47. The fourth-order valence-electron chi connectivity index (χ4n) is 3.13. The second-order valence-corrected chi connectivity index (χ2v) is 6.65. The Morgan fingerprint density at radius 2 is 1.81 bits per heavy atom. The van der Waals surface area contributed by atoms with Crippen LogP contribution >= 0.6 is 0 Å². The quantitative estimate of drug-likeness (QED) is 0.442. The van der Waals surface area contributed by atoms with E-state index in [1.807, 2.05) is 0 Å². The van der Waals surface area contributed by atoms with Crippen molar-refractivity contribution in [2.45, 2.75) is 0 Å². The van der Waals surface area contributed by atoms with E-state index in [9.17, 15) is 9.59 Å². The largest absolute Gasteiger partial charge is 0.493 e. The van der Waals surface area contributed by atoms with Crippen LogP contribution in [0.5, 0.6) is 28.7 Å². The normalized spacial score (nSPS) is 13.4. The first-order valence-electron chi connectivity index (χ1n) is 9.78. The maximum absolute atomic E-state index is 12.8. The minimum Gasteiger partial charge on any atom is -0.493 e. The van der Waals surface area contributed by atoms with Crippen LogP contribution in [0.25, 0.3) is 6.08 Å². The van der Waals surface area contributed by atoms with Gasteiger partial charge in [0.2, 0.25) is 11.5 Å². The van der Waals surface area contributed by atoms with E-state index in [4.69, 9.17) is 28.4 Å². The summed E-state index contributed by atoms with van der Waals surface area (Å²) in [4.78, 5) is 24.6. The van der Waals surface area contributed by atoms with Crippen molar-refractivity contribution in [1.29, 1.82) is 0 Å². The minimum atomic E-state index is -0.277. The monoisotopic (exact) mass is 443 g/mol. The summed E-state index contributed by atoms with van der Waals surface area (Å²) >= 11 is 0. The summed E-state index contributed by atoms with van der Waals surface area (Å²) < 4.78 is 32.3. The molecule has 170 valence electrons. The molecule has 0 fully saturated rings. The molecular weight excluding hydrogens is 418 g/mol. The Balaban J connectivity index is 1.77. The van der Waals surface area contributed by atoms with Crippen LogP contribution in [0, 0.1) is 0 Å². The molecule has 1 heterocycles. The number of hydrogen-bond donors (Lipinski definition) is 1. The molecule has 0 aliphatic carbocycles. The minimum absolute atomic E-state index is 0.125. The number of Topliss-reactive ketones (excluding diaryl/α,β-unsaturated/α-hetero) is 1. The molecule has 1 aliphatic heterocycles. The Morgan fingerprint density at radius 1 is 1.03 bits per heavy atom. The lowest BCUT2D eigenvalue weighted by molar-refractivity contribution is -0.123. The molecule has 0 saturated heterocycles. The Bertz CT molecular complexity index is 1030. The fourth-order valence-corrected chi connectivity index (χ4v) is 3.13. The third-order valence-corrected chi connectivity index (χ3v) is 4.66. The van der Waals surface area contributed by atoms with Gasteiger partial charge in [0.15, 0.2) is 23.9 Å². The van der Waals surface area contributed by atoms with Gasteiger partial charge in [0.1, 0.15) is 11.5 Å². The number of hydrogen-bond acceptors (Lipinski definition) is 8. The standard InChI is InChI=1S/C23H25NO8/c1-27-10-9-24-20(25)13-31-15-6-7-16-18(12-15)32-19(21(16)26)11-14-5-8-17(28-2)23(30-4)22(14)29-3/h5-8,11-12H,9-10,13H2,1-4H3,(H,24,25). The summed E-state index contributed by atoms with van der Waals surface area (Å²) in [7, 11) is 6.08. The number of methoxy groups -OCH3 is 4. The van der Waals surface area contributed by atoms with E-state index in [0.29, 0.717) is 53.0 Å². The second kappa shape index (κ2) is 10.5. The molecule has 9 nitrogen and oxygen atoms in total. The van der Waals surface area contributed by atoms with Crippen LogP contribution in [0.3, 0.4) is 0 Å². The lowest BCUT2D eigenvalue weighted by Crippen LogP contribution is -2.31. The van der Waals surface area contributed by atoms with E-state index in [-0.39, 0.29) is 24.1 Å². The number of ketones is 1. The van der Waals surface area contributed by atoms with E-state index in [0.717, 1.165) is 0 Å². The Kier molecular flexibility index (Phi) is 7.56. The van der Waals surface area contributed by atoms with Crippen LogP contribution in [-0.4, -0.2) is 59.9 Å². The smallest absolute Gasteiger partial charge is 0.258 e. The first-order chi connectivity index (χ1) is 15.5. The molecule has 1 aliphatic rings. The lowest BCUT2D eigenvalue weighted by atomic mass is 10.1. The number of rotatable bonds is 10. The highest BCUT2D eigenvalue weighted by Crippen LogP contribution is 2.42. The van der Waals surface area contributed by atoms with Crippen LogP contribution in [0.2, 0.25) is 0 Å². The average Bonchev–Trinajstić information content (AvgIpc) is 3.11. The molecule has 0 aromatic heterocycles. The Morgan fingerprint density at radius 3 is 2.50 bits per heavy atom. The Labute approximate surface area is 185 Å². The highest BCUT2D eigenvalue weighted by Gasteiger charge is 2.28. The zero-order valence-corrected chi connectivity index (χ0v) is 18.4. The van der Waals surface area contributed by atoms with Crippen molar-refractivity contribution in [3.05, 3.63) is 47.2 Å². The molecule has 0 saturated carbocycles. The van der Waals surface area contributed by atoms with E-state index >= 15 is 0 Å². The summed E-state index contributed by atoms with van der Waals surface area (Å²) in [6.45, 7) is 0.650. The molecule has 0 spiro atoms. The summed E-state index contributed by atoms with van der Waals surface area (Å²) in [6, 6.07) is 8.24. The predicted molar refractivity (Wildman–Crippen MR) is 116 cm³/mol. The first-order valence-corrected chi connectivity index (χ1v) is 9.78. The van der Waals surface area contributed by atoms with Crippen LogP contribution in [0.4, 0.5) is 0 Å². The third kappa shape index (κ3) is 4.94. The van der Waals surface area contributed by atoms with Crippen LogP contribution in [-0.2, 0) is 9.53 Å². The van der Waals surface area contributed by atoms with Crippen molar-refractivity contribution in [2.24, 2.45) is 0 Å². The lowest BCUT2D eigenvalue weighted by Gasteiger charge is -2.14. The van der Waals surface area contributed by atoms with Crippen molar-refractivity contribution >= 4 is 17.8 Å². The van der Waals surface area contributed by atoms with Gasteiger partial charge in [0, 0.05) is 25.3 Å². The second-order valence-electron chi connectivity index (χ2n) is 6.65. The van der Waals surface area contributed by atoms with Gasteiger partial charge in [-0.1, -0.05) is 0 Å². The molecule has 0 radical (unpaired) electrons. The van der Waals surface area contributed by atoms with Crippen LogP contribution < -0.4 is 29.0 Å². The summed E-state index contributed by atoms with van der Waals surface area (Å²) in [5, 5.41) is 2.66. The van der Waals surface area contributed by atoms with Gasteiger partial charge in [-0.25, -0.2) is 0 Å². The molecule has 1 amide bonds. The molecule has 0 bridgehead atoms. The molecule has 3 rings (SSSR count). The average molecular weight is 443 g/mol. The first kappa shape index (κ1) is 23.0. The van der Waals surface area contributed by atoms with Gasteiger partial charge in [0.25, 0.3) is 5.91 Å². The number of carbonyl (C=O) groups excluding carboxylic acids is 2. The molecule has 0 atom stereocenters. The molecule has 2 aromatic carbocycles. The molecular formula is C23H25NO8. The zero-order valence-electron chi connectivity index (χ0n) is 18.4. The summed E-state index contributed by atoms with van der Waals surface area (Å²) in [6.07, 6.45) is 1.58. The number of ether oxygens (including phenoxy) is 6. The number of allylic oxidation sites excluding steroid dienone is 1. The van der Waals surface area contributed by atoms with E-state index in [2.05, 4.69) is 5.32 Å². The summed E-state index contributed by atoms with van der Waals surface area (Å²) in [5.41, 5.74) is 0.984. The van der Waals surface area contributed by atoms with Crippen molar-refractivity contribution < 1.29 is 38.0 Å². The van der Waals surface area contributed by atoms with Gasteiger partial charge in [-0.05, 0) is 30.3 Å². The Hall–Kier alpha value is -3.72. The van der Waals surface area contributed by atoms with E-state index < -0.39 is 0 Å². The van der Waals surface area contributed by atoms with Crippen LogP contribution in [0.1, 0.15) is 15.9 Å². The van der Waals surface area contributed by atoms with Gasteiger partial charge in [-0.2, -0.15) is 0 Å². The van der Waals surface area contributed by atoms with Crippen LogP contribution in [0.15, 0.2) is 36.1 Å². The number of amides is 1. The van der Waals surface area contributed by atoms with Crippen molar-refractivity contribution in [1.82, 2.24) is 5.32 Å². The van der Waals surface area contributed by atoms with E-state index in [1.54, 1.807) is 43.5 Å². The van der Waals surface area contributed by atoms with Gasteiger partial charge >= 0.3 is 0 Å². The highest BCUT2D eigenvalue weighted by atomic mass is 16.5. The molecule has 0 unspecified atom stereocenters. The van der Waals surface area contributed by atoms with E-state index in [1.165, 1.54) is 21.3 Å². The molecule has 9 heteroatoms. The maximum atomic E-state index is 12.8. The molecule has 2 aromatic rings. The van der Waals surface area contributed by atoms with Gasteiger partial charge in [-0.15, -0.1) is 0 Å². The fraction of sp³-hybridized carbons (Fsp3) is 0.304. The number of nitrogens with one attached hydrogen (secondary N) is 1.